The third-order valence-electron chi connectivity index (χ3n) is 2.56. The fourth-order valence-corrected chi connectivity index (χ4v) is 1.49. The molecule has 0 spiro atoms. The third kappa shape index (κ3) is 9.89. The SMILES string of the molecule is CCC(CC(=O)O)NC(=O)NCCCCCOC. The lowest BCUT2D eigenvalue weighted by Crippen LogP contribution is -2.43. The van der Waals surface area contributed by atoms with E-state index in [0.29, 0.717) is 13.0 Å². The number of nitrogens with one attached hydrogen (secondary N) is 2. The molecule has 6 heteroatoms. The number of aliphatic carboxylic acids is 1. The zero-order valence-electron chi connectivity index (χ0n) is 11.2. The smallest absolute Gasteiger partial charge is 0.315 e. The Kier molecular flexibility index (Phi) is 10.0. The molecule has 0 rings (SSSR count). The highest BCUT2D eigenvalue weighted by atomic mass is 16.5. The van der Waals surface area contributed by atoms with Gasteiger partial charge in [0.25, 0.3) is 0 Å². The Morgan fingerprint density at radius 3 is 2.56 bits per heavy atom. The van der Waals surface area contributed by atoms with Crippen LogP contribution in [0.1, 0.15) is 39.0 Å². The number of carbonyl (C=O) groups excluding carboxylic acids is 1. The Bertz CT molecular complexity index is 246. The molecule has 0 aromatic heterocycles. The first-order valence-electron chi connectivity index (χ1n) is 6.35. The molecule has 2 amide bonds. The van der Waals surface area contributed by atoms with Crippen molar-refractivity contribution in [1.82, 2.24) is 10.6 Å². The Morgan fingerprint density at radius 2 is 2.00 bits per heavy atom. The molecule has 0 aromatic carbocycles. The van der Waals surface area contributed by atoms with Gasteiger partial charge in [0.2, 0.25) is 0 Å². The van der Waals surface area contributed by atoms with Crippen molar-refractivity contribution in [1.29, 1.82) is 0 Å². The number of ether oxygens (including phenoxy) is 1. The number of carbonyl (C=O) groups is 2. The van der Waals surface area contributed by atoms with Crippen molar-refractivity contribution < 1.29 is 19.4 Å². The molecule has 6 nitrogen and oxygen atoms in total. The van der Waals surface area contributed by atoms with Crippen LogP contribution >= 0.6 is 0 Å². The standard InChI is InChI=1S/C12H24N2O4/c1-3-10(9-11(15)16)14-12(17)13-7-5-4-6-8-18-2/h10H,3-9H2,1-2H3,(H,15,16)(H2,13,14,17). The molecule has 0 aliphatic carbocycles. The number of rotatable bonds is 10. The van der Waals surface area contributed by atoms with Crippen molar-refractivity contribution in [2.75, 3.05) is 20.3 Å². The van der Waals surface area contributed by atoms with Gasteiger partial charge in [-0.15, -0.1) is 0 Å². The number of unbranched alkanes of at least 4 members (excludes halogenated alkanes) is 2. The predicted molar refractivity (Wildman–Crippen MR) is 68.6 cm³/mol. The molecule has 0 fully saturated rings. The number of hydrogen-bond acceptors (Lipinski definition) is 3. The van der Waals surface area contributed by atoms with Gasteiger partial charge in [-0.05, 0) is 25.7 Å². The first-order chi connectivity index (χ1) is 8.60. The van der Waals surface area contributed by atoms with E-state index in [1.165, 1.54) is 0 Å². The third-order valence-corrected chi connectivity index (χ3v) is 2.56. The molecular weight excluding hydrogens is 236 g/mol. The fraction of sp³-hybridized carbons (Fsp3) is 0.833. The molecule has 1 unspecified atom stereocenters. The molecule has 0 aromatic rings. The first-order valence-corrected chi connectivity index (χ1v) is 6.35. The van der Waals surface area contributed by atoms with Crippen LogP contribution in [0.4, 0.5) is 4.79 Å². The highest BCUT2D eigenvalue weighted by molar-refractivity contribution is 5.75. The van der Waals surface area contributed by atoms with Gasteiger partial charge >= 0.3 is 12.0 Å². The van der Waals surface area contributed by atoms with Crippen LogP contribution in [-0.4, -0.2) is 43.4 Å². The van der Waals surface area contributed by atoms with E-state index in [4.69, 9.17) is 9.84 Å². The van der Waals surface area contributed by atoms with Crippen molar-refractivity contribution in [3.05, 3.63) is 0 Å². The molecule has 0 bridgehead atoms. The average Bonchev–Trinajstić information content (AvgIpc) is 2.32. The number of methoxy groups -OCH3 is 1. The van der Waals surface area contributed by atoms with Gasteiger partial charge in [-0.2, -0.15) is 0 Å². The Labute approximate surface area is 108 Å². The van der Waals surface area contributed by atoms with Crippen molar-refractivity contribution in [3.63, 3.8) is 0 Å². The van der Waals surface area contributed by atoms with Gasteiger partial charge < -0.3 is 20.5 Å². The molecule has 0 heterocycles. The minimum Gasteiger partial charge on any atom is -0.481 e. The maximum atomic E-state index is 11.4. The molecule has 106 valence electrons. The van der Waals surface area contributed by atoms with E-state index in [-0.39, 0.29) is 18.5 Å². The highest BCUT2D eigenvalue weighted by Crippen LogP contribution is 1.97. The molecule has 0 saturated heterocycles. The van der Waals surface area contributed by atoms with Crippen molar-refractivity contribution in [2.45, 2.75) is 45.1 Å². The van der Waals surface area contributed by atoms with Gasteiger partial charge in [-0.1, -0.05) is 6.92 Å². The van der Waals surface area contributed by atoms with Gasteiger partial charge in [0.1, 0.15) is 0 Å². The van der Waals surface area contributed by atoms with E-state index in [1.54, 1.807) is 7.11 Å². The number of hydrogen-bond donors (Lipinski definition) is 3. The Morgan fingerprint density at radius 1 is 1.28 bits per heavy atom. The molecule has 18 heavy (non-hydrogen) atoms. The van der Waals surface area contributed by atoms with Crippen LogP contribution in [0.5, 0.6) is 0 Å². The van der Waals surface area contributed by atoms with E-state index in [2.05, 4.69) is 10.6 Å². The van der Waals surface area contributed by atoms with Gasteiger partial charge in [-0.25, -0.2) is 4.79 Å². The number of carboxylic acid groups (broad SMARTS) is 1. The largest absolute Gasteiger partial charge is 0.481 e. The number of carboxylic acids is 1. The fourth-order valence-electron chi connectivity index (χ4n) is 1.49. The van der Waals surface area contributed by atoms with Crippen LogP contribution in [0.3, 0.4) is 0 Å². The molecule has 0 radical (unpaired) electrons. The second-order valence-electron chi connectivity index (χ2n) is 4.16. The average molecular weight is 260 g/mol. The van der Waals surface area contributed by atoms with Gasteiger partial charge in [-0.3, -0.25) is 4.79 Å². The summed E-state index contributed by atoms with van der Waals surface area (Å²) in [5.41, 5.74) is 0. The maximum Gasteiger partial charge on any atom is 0.315 e. The second kappa shape index (κ2) is 10.8. The van der Waals surface area contributed by atoms with Crippen LogP contribution in [0.15, 0.2) is 0 Å². The lowest BCUT2D eigenvalue weighted by atomic mass is 10.1. The number of amides is 2. The maximum absolute atomic E-state index is 11.4. The normalized spacial score (nSPS) is 11.9. The van der Waals surface area contributed by atoms with Crippen molar-refractivity contribution in [3.8, 4) is 0 Å². The minimum absolute atomic E-state index is 0.0439. The lowest BCUT2D eigenvalue weighted by molar-refractivity contribution is -0.137. The number of urea groups is 1. The predicted octanol–water partition coefficient (Wildman–Crippen LogP) is 1.36. The summed E-state index contributed by atoms with van der Waals surface area (Å²) in [6.07, 6.45) is 3.44. The van der Waals surface area contributed by atoms with E-state index in [0.717, 1.165) is 25.9 Å². The summed E-state index contributed by atoms with van der Waals surface area (Å²) in [6, 6.07) is -0.606. The van der Waals surface area contributed by atoms with E-state index >= 15 is 0 Å². The van der Waals surface area contributed by atoms with Crippen molar-refractivity contribution in [2.24, 2.45) is 0 Å². The van der Waals surface area contributed by atoms with E-state index in [1.807, 2.05) is 6.92 Å². The molecule has 1 atom stereocenters. The van der Waals surface area contributed by atoms with Gasteiger partial charge in [0.15, 0.2) is 0 Å². The van der Waals surface area contributed by atoms with Crippen LogP contribution in [0.25, 0.3) is 0 Å². The summed E-state index contributed by atoms with van der Waals surface area (Å²) in [5, 5.41) is 14.0. The highest BCUT2D eigenvalue weighted by Gasteiger charge is 2.13. The van der Waals surface area contributed by atoms with Gasteiger partial charge in [0, 0.05) is 26.3 Å². The topological polar surface area (TPSA) is 87.7 Å². The monoisotopic (exact) mass is 260 g/mol. The van der Waals surface area contributed by atoms with Crippen LogP contribution in [-0.2, 0) is 9.53 Å². The quantitative estimate of drug-likeness (QED) is 0.517. The summed E-state index contributed by atoms with van der Waals surface area (Å²) in [5.74, 6) is -0.901. The zero-order valence-corrected chi connectivity index (χ0v) is 11.2. The Hall–Kier alpha value is -1.30. The van der Waals surface area contributed by atoms with Crippen LogP contribution < -0.4 is 10.6 Å². The molecule has 0 aliphatic heterocycles. The molecule has 0 saturated carbocycles. The Balaban J connectivity index is 3.59. The van der Waals surface area contributed by atoms with E-state index < -0.39 is 5.97 Å². The summed E-state index contributed by atoms with van der Waals surface area (Å²) >= 11 is 0. The second-order valence-corrected chi connectivity index (χ2v) is 4.16. The van der Waals surface area contributed by atoms with Crippen LogP contribution in [0.2, 0.25) is 0 Å². The zero-order chi connectivity index (χ0) is 13.8. The lowest BCUT2D eigenvalue weighted by Gasteiger charge is -2.15. The van der Waals surface area contributed by atoms with E-state index in [9.17, 15) is 9.59 Å². The molecular formula is C12H24N2O4. The summed E-state index contributed by atoms with van der Waals surface area (Å²) in [7, 11) is 1.67. The van der Waals surface area contributed by atoms with Crippen LogP contribution in [0, 0.1) is 0 Å². The minimum atomic E-state index is -0.901. The van der Waals surface area contributed by atoms with Gasteiger partial charge in [0.05, 0.1) is 6.42 Å². The molecule has 3 N–H and O–H groups in total. The summed E-state index contributed by atoms with van der Waals surface area (Å²) in [6.45, 7) is 3.18. The molecule has 0 aliphatic rings. The van der Waals surface area contributed by atoms with Crippen molar-refractivity contribution >= 4 is 12.0 Å². The summed E-state index contributed by atoms with van der Waals surface area (Å²) in [4.78, 5) is 22.0. The first kappa shape index (κ1) is 16.7. The summed E-state index contributed by atoms with van der Waals surface area (Å²) < 4.78 is 4.92.